The molecule has 4 nitrogen and oxygen atoms in total. The molecule has 2 rings (SSSR count). The molecule has 0 aliphatic carbocycles. The Balaban J connectivity index is 1.81. The molecule has 5 heteroatoms. The summed E-state index contributed by atoms with van der Waals surface area (Å²) in [6.07, 6.45) is 1.08. The molecule has 1 amide bonds. The molecular weight excluding hydrogens is 224 g/mol. The van der Waals surface area contributed by atoms with Crippen molar-refractivity contribution < 1.29 is 9.53 Å². The van der Waals surface area contributed by atoms with Crippen molar-refractivity contribution in [3.05, 3.63) is 0 Å². The van der Waals surface area contributed by atoms with Crippen molar-refractivity contribution in [2.45, 2.75) is 12.5 Å². The zero-order valence-electron chi connectivity index (χ0n) is 9.78. The van der Waals surface area contributed by atoms with Crippen molar-refractivity contribution in [1.82, 2.24) is 10.2 Å². The van der Waals surface area contributed by atoms with Gasteiger partial charge in [-0.15, -0.1) is 0 Å². The molecule has 0 spiro atoms. The van der Waals surface area contributed by atoms with E-state index in [1.165, 1.54) is 0 Å². The van der Waals surface area contributed by atoms with Crippen LogP contribution in [0.4, 0.5) is 0 Å². The van der Waals surface area contributed by atoms with E-state index in [0.717, 1.165) is 44.2 Å². The maximum absolute atomic E-state index is 12.2. The van der Waals surface area contributed by atoms with Crippen LogP contribution >= 0.6 is 11.8 Å². The first-order valence-corrected chi connectivity index (χ1v) is 7.05. The highest BCUT2D eigenvalue weighted by Crippen LogP contribution is 2.19. The molecule has 1 N–H and O–H groups in total. The van der Waals surface area contributed by atoms with E-state index in [0.29, 0.717) is 5.92 Å². The minimum absolute atomic E-state index is 0.0417. The second-order valence-corrected chi connectivity index (χ2v) is 5.63. The summed E-state index contributed by atoms with van der Waals surface area (Å²) in [7, 11) is 1.73. The van der Waals surface area contributed by atoms with Gasteiger partial charge in [0.1, 0.15) is 0 Å². The lowest BCUT2D eigenvalue weighted by atomic mass is 10.1. The number of thioether (sulfide) groups is 1. The van der Waals surface area contributed by atoms with Crippen molar-refractivity contribution in [2.75, 3.05) is 44.9 Å². The highest BCUT2D eigenvalue weighted by Gasteiger charge is 2.31. The molecule has 2 unspecified atom stereocenters. The fourth-order valence-electron chi connectivity index (χ4n) is 2.35. The Bertz CT molecular complexity index is 244. The van der Waals surface area contributed by atoms with Crippen LogP contribution in [0.1, 0.15) is 6.42 Å². The van der Waals surface area contributed by atoms with Crippen molar-refractivity contribution in [3.63, 3.8) is 0 Å². The predicted octanol–water partition coefficient (Wildman–Crippen LogP) is 0.186. The maximum Gasteiger partial charge on any atom is 0.240 e. The molecule has 0 aromatic rings. The molecule has 2 atom stereocenters. The van der Waals surface area contributed by atoms with E-state index in [9.17, 15) is 4.79 Å². The van der Waals surface area contributed by atoms with E-state index in [-0.39, 0.29) is 11.9 Å². The smallest absolute Gasteiger partial charge is 0.240 e. The van der Waals surface area contributed by atoms with Gasteiger partial charge < -0.3 is 15.0 Å². The summed E-state index contributed by atoms with van der Waals surface area (Å²) in [5, 5.41) is 3.30. The van der Waals surface area contributed by atoms with Crippen LogP contribution < -0.4 is 5.32 Å². The average molecular weight is 244 g/mol. The number of hydrogen-bond donors (Lipinski definition) is 1. The van der Waals surface area contributed by atoms with Crippen LogP contribution in [0.2, 0.25) is 0 Å². The molecule has 0 saturated carbocycles. The number of likely N-dealkylation sites (tertiary alicyclic amines) is 1. The first kappa shape index (κ1) is 12.2. The Morgan fingerprint density at radius 3 is 3.19 bits per heavy atom. The molecule has 2 fully saturated rings. The molecule has 0 radical (unpaired) electrons. The summed E-state index contributed by atoms with van der Waals surface area (Å²) in [5.41, 5.74) is 0. The number of nitrogens with one attached hydrogen (secondary N) is 1. The summed E-state index contributed by atoms with van der Waals surface area (Å²) in [4.78, 5) is 14.2. The third kappa shape index (κ3) is 2.90. The average Bonchev–Trinajstić information content (AvgIpc) is 2.78. The van der Waals surface area contributed by atoms with Gasteiger partial charge in [-0.1, -0.05) is 0 Å². The molecule has 2 heterocycles. The molecular formula is C11H20N2O2S. The van der Waals surface area contributed by atoms with Crippen LogP contribution in [-0.4, -0.2) is 61.7 Å². The van der Waals surface area contributed by atoms with E-state index < -0.39 is 0 Å². The SMILES string of the molecule is COCC1CCN(C(=O)C2CSCCN2)C1. The zero-order chi connectivity index (χ0) is 11.4. The van der Waals surface area contributed by atoms with Crippen LogP contribution in [0.25, 0.3) is 0 Å². The topological polar surface area (TPSA) is 41.6 Å². The standard InChI is InChI=1S/C11H20N2O2S/c1-15-7-9-2-4-13(6-9)11(14)10-8-16-5-3-12-10/h9-10,12H,2-8H2,1H3. The third-order valence-electron chi connectivity index (χ3n) is 3.22. The summed E-state index contributed by atoms with van der Waals surface area (Å²) in [6, 6.07) is 0.0417. The van der Waals surface area contributed by atoms with E-state index in [1.807, 2.05) is 16.7 Å². The Labute approximate surface area is 101 Å². The Morgan fingerprint density at radius 1 is 1.62 bits per heavy atom. The molecule has 16 heavy (non-hydrogen) atoms. The maximum atomic E-state index is 12.2. The minimum atomic E-state index is 0.0417. The number of amides is 1. The van der Waals surface area contributed by atoms with E-state index >= 15 is 0 Å². The number of carbonyl (C=O) groups is 1. The van der Waals surface area contributed by atoms with Crippen molar-refractivity contribution >= 4 is 17.7 Å². The van der Waals surface area contributed by atoms with Gasteiger partial charge in [0.15, 0.2) is 0 Å². The van der Waals surface area contributed by atoms with Gasteiger partial charge in [0.2, 0.25) is 5.91 Å². The molecule has 2 saturated heterocycles. The van der Waals surface area contributed by atoms with E-state index in [4.69, 9.17) is 4.74 Å². The van der Waals surface area contributed by atoms with E-state index in [2.05, 4.69) is 5.32 Å². The summed E-state index contributed by atoms with van der Waals surface area (Å²) in [5.74, 6) is 2.86. The van der Waals surface area contributed by atoms with Gasteiger partial charge in [0, 0.05) is 44.2 Å². The fourth-order valence-corrected chi connectivity index (χ4v) is 3.27. The number of carbonyl (C=O) groups excluding carboxylic acids is 1. The Hall–Kier alpha value is -0.260. The lowest BCUT2D eigenvalue weighted by molar-refractivity contribution is -0.132. The van der Waals surface area contributed by atoms with Crippen LogP contribution in [0.3, 0.4) is 0 Å². The van der Waals surface area contributed by atoms with Gasteiger partial charge in [-0.25, -0.2) is 0 Å². The van der Waals surface area contributed by atoms with Crippen molar-refractivity contribution in [1.29, 1.82) is 0 Å². The van der Waals surface area contributed by atoms with Gasteiger partial charge in [0.25, 0.3) is 0 Å². The normalized spacial score (nSPS) is 30.7. The second kappa shape index (κ2) is 5.89. The van der Waals surface area contributed by atoms with Crippen LogP contribution in [0, 0.1) is 5.92 Å². The van der Waals surface area contributed by atoms with Crippen LogP contribution in [0.5, 0.6) is 0 Å². The molecule has 0 aromatic carbocycles. The molecule has 92 valence electrons. The number of rotatable bonds is 3. The van der Waals surface area contributed by atoms with Gasteiger partial charge in [-0.2, -0.15) is 11.8 Å². The number of hydrogen-bond acceptors (Lipinski definition) is 4. The minimum Gasteiger partial charge on any atom is -0.384 e. The highest BCUT2D eigenvalue weighted by atomic mass is 32.2. The van der Waals surface area contributed by atoms with Crippen LogP contribution in [-0.2, 0) is 9.53 Å². The largest absolute Gasteiger partial charge is 0.384 e. The van der Waals surface area contributed by atoms with Gasteiger partial charge in [-0.3, -0.25) is 4.79 Å². The van der Waals surface area contributed by atoms with Crippen molar-refractivity contribution in [3.8, 4) is 0 Å². The fraction of sp³-hybridized carbons (Fsp3) is 0.909. The quantitative estimate of drug-likeness (QED) is 0.769. The molecule has 0 bridgehead atoms. The first-order valence-electron chi connectivity index (χ1n) is 5.90. The second-order valence-electron chi connectivity index (χ2n) is 4.48. The van der Waals surface area contributed by atoms with Gasteiger partial charge in [0.05, 0.1) is 12.6 Å². The third-order valence-corrected chi connectivity index (χ3v) is 4.28. The van der Waals surface area contributed by atoms with E-state index in [1.54, 1.807) is 7.11 Å². The number of ether oxygens (including phenoxy) is 1. The number of methoxy groups -OCH3 is 1. The summed E-state index contributed by atoms with van der Waals surface area (Å²) in [6.45, 7) is 3.50. The molecule has 2 aliphatic rings. The van der Waals surface area contributed by atoms with Crippen molar-refractivity contribution in [2.24, 2.45) is 5.92 Å². The number of nitrogens with zero attached hydrogens (tertiary/aromatic N) is 1. The first-order chi connectivity index (χ1) is 7.81. The predicted molar refractivity (Wildman–Crippen MR) is 65.7 cm³/mol. The van der Waals surface area contributed by atoms with Gasteiger partial charge in [-0.05, 0) is 6.42 Å². The summed E-state index contributed by atoms with van der Waals surface area (Å²) >= 11 is 1.87. The summed E-state index contributed by atoms with van der Waals surface area (Å²) < 4.78 is 5.14. The highest BCUT2D eigenvalue weighted by molar-refractivity contribution is 7.99. The Morgan fingerprint density at radius 2 is 2.50 bits per heavy atom. The monoisotopic (exact) mass is 244 g/mol. The molecule has 2 aliphatic heterocycles. The van der Waals surface area contributed by atoms with Gasteiger partial charge >= 0.3 is 0 Å². The Kier molecular flexibility index (Phi) is 4.49. The molecule has 0 aromatic heterocycles. The zero-order valence-corrected chi connectivity index (χ0v) is 10.6. The lowest BCUT2D eigenvalue weighted by Crippen LogP contribution is -2.50. The van der Waals surface area contributed by atoms with Crippen LogP contribution in [0.15, 0.2) is 0 Å². The lowest BCUT2D eigenvalue weighted by Gasteiger charge is -2.27.